The summed E-state index contributed by atoms with van der Waals surface area (Å²) in [7, 11) is 1.82. The Morgan fingerprint density at radius 1 is 1.62 bits per heavy atom. The largest absolute Gasteiger partial charge is 0.353 e. The lowest BCUT2D eigenvalue weighted by Crippen LogP contribution is -2.43. The average molecular weight is 185 g/mol. The van der Waals surface area contributed by atoms with Gasteiger partial charge in [0.25, 0.3) is 0 Å². The summed E-state index contributed by atoms with van der Waals surface area (Å²) in [6.07, 6.45) is 1.08. The molecule has 1 fully saturated rings. The Kier molecular flexibility index (Phi) is 3.70. The van der Waals surface area contributed by atoms with E-state index in [9.17, 15) is 9.59 Å². The van der Waals surface area contributed by atoms with Gasteiger partial charge in [0.2, 0.25) is 11.8 Å². The van der Waals surface area contributed by atoms with Crippen molar-refractivity contribution in [2.24, 2.45) is 0 Å². The monoisotopic (exact) mass is 185 g/mol. The van der Waals surface area contributed by atoms with Crippen LogP contribution in [0.2, 0.25) is 0 Å². The highest BCUT2D eigenvalue weighted by Gasteiger charge is 2.26. The normalized spacial score (nSPS) is 21.3. The number of carbonyl (C=O) groups excluding carboxylic acids is 2. The minimum atomic E-state index is -0.315. The van der Waals surface area contributed by atoms with Crippen LogP contribution >= 0.6 is 0 Å². The lowest BCUT2D eigenvalue weighted by atomic mass is 10.2. The Balaban J connectivity index is 2.20. The van der Waals surface area contributed by atoms with E-state index in [1.54, 1.807) is 0 Å². The molecule has 1 saturated heterocycles. The van der Waals surface area contributed by atoms with E-state index in [0.717, 1.165) is 6.54 Å². The van der Waals surface area contributed by atoms with Gasteiger partial charge in [0.05, 0.1) is 0 Å². The molecule has 0 spiro atoms. The summed E-state index contributed by atoms with van der Waals surface area (Å²) in [6.45, 7) is 1.34. The number of likely N-dealkylation sites (N-methyl/N-ethyl adjacent to an activating group) is 1. The van der Waals surface area contributed by atoms with Crippen molar-refractivity contribution in [3.63, 3.8) is 0 Å². The van der Waals surface area contributed by atoms with Crippen molar-refractivity contribution in [3.8, 4) is 0 Å². The molecule has 0 saturated carbocycles. The van der Waals surface area contributed by atoms with Crippen LogP contribution in [-0.4, -0.2) is 38.0 Å². The molecule has 1 rings (SSSR count). The Hall–Kier alpha value is -1.10. The third-order valence-electron chi connectivity index (χ3n) is 1.99. The number of hydrogen-bond donors (Lipinski definition) is 3. The Morgan fingerprint density at radius 2 is 2.38 bits per heavy atom. The molecule has 0 bridgehead atoms. The van der Waals surface area contributed by atoms with Crippen LogP contribution in [0.15, 0.2) is 0 Å². The average Bonchev–Trinajstić information content (AvgIpc) is 2.52. The molecular weight excluding hydrogens is 170 g/mol. The van der Waals surface area contributed by atoms with Gasteiger partial charge in [-0.25, -0.2) is 0 Å². The topological polar surface area (TPSA) is 70.2 Å². The number of carbonyl (C=O) groups is 2. The fourth-order valence-electron chi connectivity index (χ4n) is 1.24. The molecule has 1 aliphatic heterocycles. The lowest BCUT2D eigenvalue weighted by Gasteiger charge is -2.10. The molecule has 0 aromatic carbocycles. The first-order valence-electron chi connectivity index (χ1n) is 4.45. The minimum Gasteiger partial charge on any atom is -0.353 e. The summed E-state index contributed by atoms with van der Waals surface area (Å²) in [5, 5.41) is 8.26. The molecule has 1 atom stereocenters. The molecule has 5 heteroatoms. The van der Waals surface area contributed by atoms with E-state index < -0.39 is 0 Å². The molecule has 5 nitrogen and oxygen atoms in total. The first kappa shape index (κ1) is 9.98. The van der Waals surface area contributed by atoms with Gasteiger partial charge in [0.1, 0.15) is 6.04 Å². The van der Waals surface area contributed by atoms with Gasteiger partial charge in [-0.15, -0.1) is 0 Å². The fourth-order valence-corrected chi connectivity index (χ4v) is 1.24. The van der Waals surface area contributed by atoms with E-state index in [0.29, 0.717) is 19.4 Å². The predicted molar refractivity (Wildman–Crippen MR) is 48.1 cm³/mol. The van der Waals surface area contributed by atoms with Crippen LogP contribution in [0, 0.1) is 0 Å². The van der Waals surface area contributed by atoms with E-state index in [1.165, 1.54) is 0 Å². The highest BCUT2D eigenvalue weighted by atomic mass is 16.2. The number of amides is 2. The number of nitrogens with one attached hydrogen (secondary N) is 3. The van der Waals surface area contributed by atoms with E-state index >= 15 is 0 Å². The SMILES string of the molecule is CNCCNC(=O)[C@@H]1CCC(=O)N1. The summed E-state index contributed by atoms with van der Waals surface area (Å²) in [4.78, 5) is 22.1. The molecule has 1 heterocycles. The van der Waals surface area contributed by atoms with Crippen molar-refractivity contribution in [2.45, 2.75) is 18.9 Å². The van der Waals surface area contributed by atoms with E-state index in [4.69, 9.17) is 0 Å². The molecule has 0 aromatic rings. The van der Waals surface area contributed by atoms with Crippen LogP contribution in [0.25, 0.3) is 0 Å². The third-order valence-corrected chi connectivity index (χ3v) is 1.99. The van der Waals surface area contributed by atoms with Gasteiger partial charge in [-0.1, -0.05) is 0 Å². The second-order valence-corrected chi connectivity index (χ2v) is 3.05. The quantitative estimate of drug-likeness (QED) is 0.472. The van der Waals surface area contributed by atoms with Crippen molar-refractivity contribution in [3.05, 3.63) is 0 Å². The second kappa shape index (κ2) is 4.81. The summed E-state index contributed by atoms with van der Waals surface area (Å²) in [5.74, 6) is -0.116. The Bertz CT molecular complexity index is 206. The maximum absolute atomic E-state index is 11.3. The first-order valence-corrected chi connectivity index (χ1v) is 4.45. The van der Waals surface area contributed by atoms with Crippen LogP contribution in [0.3, 0.4) is 0 Å². The molecule has 1 aliphatic rings. The fraction of sp³-hybridized carbons (Fsp3) is 0.750. The molecule has 0 aromatic heterocycles. The van der Waals surface area contributed by atoms with Crippen LogP contribution < -0.4 is 16.0 Å². The zero-order valence-electron chi connectivity index (χ0n) is 7.72. The third kappa shape index (κ3) is 3.02. The van der Waals surface area contributed by atoms with Crippen LogP contribution in [0.4, 0.5) is 0 Å². The smallest absolute Gasteiger partial charge is 0.242 e. The van der Waals surface area contributed by atoms with Crippen molar-refractivity contribution in [2.75, 3.05) is 20.1 Å². The van der Waals surface area contributed by atoms with E-state index in [2.05, 4.69) is 16.0 Å². The standard InChI is InChI=1S/C8H15N3O2/c1-9-4-5-10-8(13)6-2-3-7(12)11-6/h6,9H,2-5H2,1H3,(H,10,13)(H,11,12)/t6-/m0/s1. The van der Waals surface area contributed by atoms with Crippen molar-refractivity contribution in [1.82, 2.24) is 16.0 Å². The van der Waals surface area contributed by atoms with Gasteiger partial charge in [0.15, 0.2) is 0 Å². The van der Waals surface area contributed by atoms with Crippen molar-refractivity contribution in [1.29, 1.82) is 0 Å². The van der Waals surface area contributed by atoms with Gasteiger partial charge >= 0.3 is 0 Å². The van der Waals surface area contributed by atoms with Crippen molar-refractivity contribution < 1.29 is 9.59 Å². The molecule has 0 radical (unpaired) electrons. The van der Waals surface area contributed by atoms with Gasteiger partial charge < -0.3 is 16.0 Å². The highest BCUT2D eigenvalue weighted by molar-refractivity contribution is 5.90. The van der Waals surface area contributed by atoms with Gasteiger partial charge in [-0.05, 0) is 13.5 Å². The summed E-state index contributed by atoms with van der Waals surface area (Å²) in [5.41, 5.74) is 0. The van der Waals surface area contributed by atoms with Gasteiger partial charge in [-0.3, -0.25) is 9.59 Å². The lowest BCUT2D eigenvalue weighted by molar-refractivity contribution is -0.125. The van der Waals surface area contributed by atoms with Crippen LogP contribution in [-0.2, 0) is 9.59 Å². The zero-order chi connectivity index (χ0) is 9.68. The maximum atomic E-state index is 11.3. The number of rotatable bonds is 4. The zero-order valence-corrected chi connectivity index (χ0v) is 7.72. The molecule has 0 unspecified atom stereocenters. The molecular formula is C8H15N3O2. The second-order valence-electron chi connectivity index (χ2n) is 3.05. The first-order chi connectivity index (χ1) is 6.24. The van der Waals surface area contributed by atoms with Crippen LogP contribution in [0.1, 0.15) is 12.8 Å². The maximum Gasteiger partial charge on any atom is 0.242 e. The molecule has 74 valence electrons. The molecule has 2 amide bonds. The van der Waals surface area contributed by atoms with Gasteiger partial charge in [-0.2, -0.15) is 0 Å². The predicted octanol–water partition coefficient (Wildman–Crippen LogP) is -1.40. The Labute approximate surface area is 77.3 Å². The van der Waals surface area contributed by atoms with Crippen LogP contribution in [0.5, 0.6) is 0 Å². The summed E-state index contributed by atoms with van der Waals surface area (Å²) in [6, 6.07) is -0.315. The minimum absolute atomic E-state index is 0.0335. The number of hydrogen-bond acceptors (Lipinski definition) is 3. The molecule has 0 aliphatic carbocycles. The van der Waals surface area contributed by atoms with E-state index in [1.807, 2.05) is 7.05 Å². The van der Waals surface area contributed by atoms with Gasteiger partial charge in [0, 0.05) is 19.5 Å². The highest BCUT2D eigenvalue weighted by Crippen LogP contribution is 2.05. The van der Waals surface area contributed by atoms with E-state index in [-0.39, 0.29) is 17.9 Å². The molecule has 13 heavy (non-hydrogen) atoms. The van der Waals surface area contributed by atoms with Crippen molar-refractivity contribution >= 4 is 11.8 Å². The summed E-state index contributed by atoms with van der Waals surface area (Å²) >= 11 is 0. The molecule has 3 N–H and O–H groups in total. The summed E-state index contributed by atoms with van der Waals surface area (Å²) < 4.78 is 0. The Morgan fingerprint density at radius 3 is 2.92 bits per heavy atom.